The Bertz CT molecular complexity index is 766. The number of amides is 1. The van der Waals surface area contributed by atoms with Crippen LogP contribution in [0.3, 0.4) is 0 Å². The summed E-state index contributed by atoms with van der Waals surface area (Å²) in [5.74, 6) is 0.0777. The third kappa shape index (κ3) is 3.54. The second kappa shape index (κ2) is 7.69. The maximum Gasteiger partial charge on any atom is 0.261 e. The van der Waals surface area contributed by atoms with Crippen LogP contribution in [0.4, 0.5) is 0 Å². The number of hydrogen-bond acceptors (Lipinski definition) is 4. The average Bonchev–Trinajstić information content (AvgIpc) is 3.24. The van der Waals surface area contributed by atoms with Crippen molar-refractivity contribution in [3.63, 3.8) is 0 Å². The van der Waals surface area contributed by atoms with E-state index in [0.717, 1.165) is 48.4 Å². The first-order valence-electron chi connectivity index (χ1n) is 9.97. The Morgan fingerprint density at radius 3 is 2.69 bits per heavy atom. The molecule has 1 aliphatic heterocycles. The van der Waals surface area contributed by atoms with E-state index in [-0.39, 0.29) is 11.9 Å². The average molecular weight is 374 g/mol. The molecule has 1 aliphatic carbocycles. The number of carbonyl (C=O) groups excluding carboxylic acids is 1. The molecule has 1 saturated heterocycles. The van der Waals surface area contributed by atoms with E-state index in [0.29, 0.717) is 6.04 Å². The molecule has 4 rings (SSSR count). The van der Waals surface area contributed by atoms with Crippen LogP contribution in [0.2, 0.25) is 0 Å². The van der Waals surface area contributed by atoms with Gasteiger partial charge in [-0.3, -0.25) is 9.48 Å². The van der Waals surface area contributed by atoms with Crippen molar-refractivity contribution in [2.75, 3.05) is 19.6 Å². The van der Waals surface area contributed by atoms with E-state index in [1.807, 2.05) is 6.07 Å². The molecule has 0 aromatic carbocycles. The molecule has 2 fully saturated rings. The number of nitrogens with zero attached hydrogens (tertiary/aromatic N) is 3. The van der Waals surface area contributed by atoms with Crippen LogP contribution in [0.15, 0.2) is 6.07 Å². The zero-order chi connectivity index (χ0) is 18.1. The Labute approximate surface area is 159 Å². The smallest absolute Gasteiger partial charge is 0.261 e. The summed E-state index contributed by atoms with van der Waals surface area (Å²) in [5.41, 5.74) is 1.05. The molecule has 0 atom stereocenters. The Morgan fingerprint density at radius 2 is 2.00 bits per heavy atom. The summed E-state index contributed by atoms with van der Waals surface area (Å²) < 4.78 is 2.21. The molecule has 0 unspecified atom stereocenters. The fourth-order valence-electron chi connectivity index (χ4n) is 4.31. The van der Waals surface area contributed by atoms with E-state index in [1.54, 1.807) is 11.3 Å². The summed E-state index contributed by atoms with van der Waals surface area (Å²) in [6.07, 6.45) is 8.36. The number of hydrogen-bond donors (Lipinski definition) is 1. The predicted octanol–water partition coefficient (Wildman–Crippen LogP) is 3.94. The molecule has 0 spiro atoms. The van der Waals surface area contributed by atoms with Crippen molar-refractivity contribution in [2.45, 2.75) is 64.0 Å². The van der Waals surface area contributed by atoms with Gasteiger partial charge in [-0.15, -0.1) is 11.3 Å². The van der Waals surface area contributed by atoms with Crippen LogP contribution in [0.5, 0.6) is 0 Å². The molecule has 6 heteroatoms. The molecule has 1 N–H and O–H groups in total. The summed E-state index contributed by atoms with van der Waals surface area (Å²) in [6.45, 7) is 8.91. The molecule has 3 heterocycles. The highest BCUT2D eigenvalue weighted by atomic mass is 32.1. The molecule has 2 aromatic rings. The standard InChI is InChI=1S/C20H29N4OS/c1-3-23-11-9-15(10-12-23)21-19(25)18-13-17-14(2)22-24(20(17)26-18)16-7-5-4-6-8-16/h13,15-16H,1,3-12H2,2H3,(H,21,25). The minimum atomic E-state index is 0.0777. The van der Waals surface area contributed by atoms with Crippen molar-refractivity contribution in [1.82, 2.24) is 20.0 Å². The number of likely N-dealkylation sites (tertiary alicyclic amines) is 1. The lowest BCUT2D eigenvalue weighted by Crippen LogP contribution is -2.44. The number of fused-ring (bicyclic) bond motifs is 1. The van der Waals surface area contributed by atoms with Crippen LogP contribution < -0.4 is 5.32 Å². The minimum absolute atomic E-state index is 0.0777. The lowest BCUT2D eigenvalue weighted by Gasteiger charge is -2.31. The molecule has 26 heavy (non-hydrogen) atoms. The van der Waals surface area contributed by atoms with Crippen LogP contribution in [-0.2, 0) is 0 Å². The number of rotatable bonds is 4. The number of aryl methyl sites for hydroxylation is 1. The minimum Gasteiger partial charge on any atom is -0.349 e. The maximum absolute atomic E-state index is 12.8. The Balaban J connectivity index is 1.49. The van der Waals surface area contributed by atoms with E-state index in [2.05, 4.69) is 28.7 Å². The van der Waals surface area contributed by atoms with E-state index in [9.17, 15) is 4.79 Å². The number of aromatic nitrogens is 2. The summed E-state index contributed by atoms with van der Waals surface area (Å²) in [5, 5.41) is 9.19. The van der Waals surface area contributed by atoms with Crippen molar-refractivity contribution in [3.8, 4) is 0 Å². The Kier molecular flexibility index (Phi) is 5.32. The molecule has 1 amide bonds. The van der Waals surface area contributed by atoms with Crippen LogP contribution in [-0.4, -0.2) is 46.3 Å². The number of carbonyl (C=O) groups is 1. The van der Waals surface area contributed by atoms with Gasteiger partial charge in [0, 0.05) is 24.5 Å². The highest BCUT2D eigenvalue weighted by Gasteiger charge is 2.24. The maximum atomic E-state index is 12.8. The van der Waals surface area contributed by atoms with Gasteiger partial charge in [-0.2, -0.15) is 5.10 Å². The van der Waals surface area contributed by atoms with E-state index in [4.69, 9.17) is 5.10 Å². The molecular formula is C20H29N4OS. The fourth-order valence-corrected chi connectivity index (χ4v) is 5.45. The highest BCUT2D eigenvalue weighted by molar-refractivity contribution is 7.20. The van der Waals surface area contributed by atoms with Crippen molar-refractivity contribution in [2.24, 2.45) is 0 Å². The lowest BCUT2D eigenvalue weighted by atomic mass is 9.96. The van der Waals surface area contributed by atoms with Gasteiger partial charge in [-0.1, -0.05) is 19.3 Å². The van der Waals surface area contributed by atoms with Crippen LogP contribution in [0.1, 0.15) is 66.4 Å². The SMILES string of the molecule is [CH2]CN1CCC(NC(=O)c2cc3c(C)nn(C4CCCCC4)c3s2)CC1. The van der Waals surface area contributed by atoms with Gasteiger partial charge >= 0.3 is 0 Å². The summed E-state index contributed by atoms with van der Waals surface area (Å²) in [6, 6.07) is 2.83. The third-order valence-corrected chi connectivity index (χ3v) is 7.07. The molecular weight excluding hydrogens is 344 g/mol. The van der Waals surface area contributed by atoms with E-state index < -0.39 is 0 Å². The molecule has 141 valence electrons. The number of piperidine rings is 1. The molecule has 1 saturated carbocycles. The first kappa shape index (κ1) is 18.0. The van der Waals surface area contributed by atoms with Crippen molar-refractivity contribution >= 4 is 27.5 Å². The van der Waals surface area contributed by atoms with Gasteiger partial charge in [0.25, 0.3) is 5.91 Å². The Hall–Kier alpha value is -1.40. The highest BCUT2D eigenvalue weighted by Crippen LogP contribution is 2.35. The quantitative estimate of drug-likeness (QED) is 0.883. The largest absolute Gasteiger partial charge is 0.349 e. The summed E-state index contributed by atoms with van der Waals surface area (Å²) in [4.78, 5) is 17.1. The van der Waals surface area contributed by atoms with Gasteiger partial charge in [-0.05, 0) is 52.1 Å². The van der Waals surface area contributed by atoms with E-state index >= 15 is 0 Å². The molecule has 1 radical (unpaired) electrons. The second-order valence-corrected chi connectivity index (χ2v) is 8.77. The fraction of sp³-hybridized carbons (Fsp3) is 0.650. The number of thiophene rings is 1. The van der Waals surface area contributed by atoms with Gasteiger partial charge in [0.1, 0.15) is 4.83 Å². The second-order valence-electron chi connectivity index (χ2n) is 7.74. The normalized spacial score (nSPS) is 20.7. The topological polar surface area (TPSA) is 50.2 Å². The van der Waals surface area contributed by atoms with Gasteiger partial charge in [0.05, 0.1) is 16.6 Å². The van der Waals surface area contributed by atoms with Crippen LogP contribution in [0.25, 0.3) is 10.2 Å². The first-order chi connectivity index (χ1) is 12.7. The zero-order valence-electron chi connectivity index (χ0n) is 15.7. The number of nitrogens with one attached hydrogen (secondary N) is 1. The van der Waals surface area contributed by atoms with Crippen LogP contribution in [0, 0.1) is 13.8 Å². The van der Waals surface area contributed by atoms with Crippen molar-refractivity contribution in [3.05, 3.63) is 23.6 Å². The molecule has 0 bridgehead atoms. The molecule has 2 aromatic heterocycles. The van der Waals surface area contributed by atoms with Crippen molar-refractivity contribution < 1.29 is 4.79 Å². The molecule has 5 nitrogen and oxygen atoms in total. The predicted molar refractivity (Wildman–Crippen MR) is 107 cm³/mol. The van der Waals surface area contributed by atoms with Gasteiger partial charge in [0.2, 0.25) is 0 Å². The Morgan fingerprint density at radius 1 is 1.27 bits per heavy atom. The third-order valence-electron chi connectivity index (χ3n) is 5.95. The van der Waals surface area contributed by atoms with Crippen LogP contribution >= 0.6 is 11.3 Å². The van der Waals surface area contributed by atoms with Crippen molar-refractivity contribution in [1.29, 1.82) is 0 Å². The first-order valence-corrected chi connectivity index (χ1v) is 10.8. The van der Waals surface area contributed by atoms with Gasteiger partial charge < -0.3 is 10.2 Å². The molecule has 2 aliphatic rings. The van der Waals surface area contributed by atoms with Gasteiger partial charge in [-0.25, -0.2) is 0 Å². The van der Waals surface area contributed by atoms with E-state index in [1.165, 1.54) is 36.9 Å². The summed E-state index contributed by atoms with van der Waals surface area (Å²) >= 11 is 1.61. The lowest BCUT2D eigenvalue weighted by molar-refractivity contribution is 0.0918. The van der Waals surface area contributed by atoms with Gasteiger partial charge in [0.15, 0.2) is 0 Å². The monoisotopic (exact) mass is 373 g/mol. The zero-order valence-corrected chi connectivity index (χ0v) is 16.5. The summed E-state index contributed by atoms with van der Waals surface area (Å²) in [7, 11) is 0.